The van der Waals surface area contributed by atoms with Gasteiger partial charge in [0.05, 0.1) is 30.5 Å². The molecule has 1 atom stereocenters. The number of aliphatic hydroxyl groups is 1. The van der Waals surface area contributed by atoms with Crippen LogP contribution in [0.5, 0.6) is 0 Å². The van der Waals surface area contributed by atoms with Crippen molar-refractivity contribution in [1.29, 1.82) is 5.26 Å². The minimum absolute atomic E-state index is 0.247. The zero-order valence-corrected chi connectivity index (χ0v) is 15.2. The molecule has 0 fully saturated rings. The molecule has 0 spiro atoms. The Kier molecular flexibility index (Phi) is 4.75. The van der Waals surface area contributed by atoms with Crippen molar-refractivity contribution in [2.75, 3.05) is 0 Å². The second kappa shape index (κ2) is 7.27. The lowest BCUT2D eigenvalue weighted by Gasteiger charge is -2.17. The van der Waals surface area contributed by atoms with Gasteiger partial charge in [0.1, 0.15) is 23.2 Å². The van der Waals surface area contributed by atoms with E-state index >= 15 is 0 Å². The summed E-state index contributed by atoms with van der Waals surface area (Å²) in [5.41, 5.74) is 2.25. The van der Waals surface area contributed by atoms with E-state index in [1.807, 2.05) is 6.07 Å². The third-order valence-corrected chi connectivity index (χ3v) is 4.60. The highest BCUT2D eigenvalue weighted by molar-refractivity contribution is 5.79. The maximum Gasteiger partial charge on any atom is 0.416 e. The van der Waals surface area contributed by atoms with E-state index in [-0.39, 0.29) is 11.4 Å². The number of aromatic nitrogens is 4. The standard InChI is InChI=1S/C20H13F4N5O/c21-14-4-1-12(2-5-14)18-19(28(11-27-18)10-16(30)20(22,23)24)13-3-6-17-26-8-15(7-25)29(17)9-13/h1-6,8-9,11,16,30H,10H2. The van der Waals surface area contributed by atoms with Crippen LogP contribution in [-0.4, -0.2) is 36.3 Å². The van der Waals surface area contributed by atoms with E-state index in [1.165, 1.54) is 45.8 Å². The Labute approximate surface area is 167 Å². The van der Waals surface area contributed by atoms with Gasteiger partial charge in [-0.1, -0.05) is 0 Å². The van der Waals surface area contributed by atoms with Crippen LogP contribution in [0, 0.1) is 17.1 Å². The Balaban J connectivity index is 1.90. The SMILES string of the molecule is N#Cc1cnc2ccc(-c3c(-c4ccc(F)cc4)ncn3CC(O)C(F)(F)F)cn12. The smallest absolute Gasteiger partial charge is 0.382 e. The molecule has 0 amide bonds. The Morgan fingerprint density at radius 2 is 1.77 bits per heavy atom. The van der Waals surface area contributed by atoms with Crippen molar-refractivity contribution in [2.24, 2.45) is 0 Å². The average molecular weight is 415 g/mol. The van der Waals surface area contributed by atoms with Crippen molar-refractivity contribution >= 4 is 5.65 Å². The molecule has 10 heteroatoms. The van der Waals surface area contributed by atoms with Gasteiger partial charge >= 0.3 is 6.18 Å². The number of imidazole rings is 2. The number of alkyl halides is 3. The number of benzene rings is 1. The molecule has 30 heavy (non-hydrogen) atoms. The predicted molar refractivity (Wildman–Crippen MR) is 98.6 cm³/mol. The Hall–Kier alpha value is -3.71. The fourth-order valence-corrected chi connectivity index (χ4v) is 3.14. The third kappa shape index (κ3) is 3.51. The van der Waals surface area contributed by atoms with E-state index in [4.69, 9.17) is 0 Å². The van der Waals surface area contributed by atoms with Gasteiger partial charge in [0.15, 0.2) is 6.10 Å². The van der Waals surface area contributed by atoms with Crippen molar-refractivity contribution in [3.63, 3.8) is 0 Å². The molecule has 0 radical (unpaired) electrons. The first-order valence-electron chi connectivity index (χ1n) is 8.71. The van der Waals surface area contributed by atoms with E-state index in [9.17, 15) is 27.9 Å². The van der Waals surface area contributed by atoms with Crippen LogP contribution >= 0.6 is 0 Å². The first-order chi connectivity index (χ1) is 14.3. The quantitative estimate of drug-likeness (QED) is 0.515. The summed E-state index contributed by atoms with van der Waals surface area (Å²) in [7, 11) is 0. The maximum absolute atomic E-state index is 13.3. The normalized spacial score (nSPS) is 12.8. The number of nitriles is 1. The van der Waals surface area contributed by atoms with Crippen LogP contribution in [0.15, 0.2) is 55.1 Å². The number of hydrogen-bond acceptors (Lipinski definition) is 4. The summed E-state index contributed by atoms with van der Waals surface area (Å²) in [5, 5.41) is 18.8. The molecule has 0 aliphatic heterocycles. The monoisotopic (exact) mass is 415 g/mol. The molecule has 1 unspecified atom stereocenters. The van der Waals surface area contributed by atoms with E-state index in [0.717, 1.165) is 0 Å². The summed E-state index contributed by atoms with van der Waals surface area (Å²) < 4.78 is 54.8. The van der Waals surface area contributed by atoms with E-state index in [2.05, 4.69) is 9.97 Å². The number of fused-ring (bicyclic) bond motifs is 1. The van der Waals surface area contributed by atoms with Gasteiger partial charge in [0.25, 0.3) is 0 Å². The topological polar surface area (TPSA) is 79.1 Å². The van der Waals surface area contributed by atoms with Crippen molar-refractivity contribution in [2.45, 2.75) is 18.8 Å². The van der Waals surface area contributed by atoms with E-state index in [1.54, 1.807) is 18.3 Å². The predicted octanol–water partition coefficient (Wildman–Crippen LogP) is 3.80. The molecule has 3 aromatic heterocycles. The molecule has 3 heterocycles. The first kappa shape index (κ1) is 19.6. The minimum atomic E-state index is -4.81. The van der Waals surface area contributed by atoms with Crippen LogP contribution in [0.3, 0.4) is 0 Å². The van der Waals surface area contributed by atoms with Gasteiger partial charge < -0.3 is 9.67 Å². The summed E-state index contributed by atoms with van der Waals surface area (Å²) in [5.74, 6) is -0.467. The van der Waals surface area contributed by atoms with Crippen LogP contribution in [-0.2, 0) is 6.54 Å². The number of hydrogen-bond donors (Lipinski definition) is 1. The molecule has 6 nitrogen and oxygen atoms in total. The van der Waals surface area contributed by atoms with Crippen LogP contribution in [0.1, 0.15) is 5.69 Å². The summed E-state index contributed by atoms with van der Waals surface area (Å²) >= 11 is 0. The molecule has 0 saturated heterocycles. The number of halogens is 4. The second-order valence-electron chi connectivity index (χ2n) is 6.56. The summed E-state index contributed by atoms with van der Waals surface area (Å²) in [6.45, 7) is -0.778. The molecule has 152 valence electrons. The Bertz CT molecular complexity index is 1250. The van der Waals surface area contributed by atoms with Gasteiger partial charge in [-0.3, -0.25) is 4.40 Å². The number of rotatable bonds is 4. The largest absolute Gasteiger partial charge is 0.416 e. The lowest BCUT2D eigenvalue weighted by Crippen LogP contribution is -2.32. The molecular weight excluding hydrogens is 402 g/mol. The van der Waals surface area contributed by atoms with Crippen LogP contribution in [0.25, 0.3) is 28.2 Å². The molecule has 0 aliphatic rings. The fraction of sp³-hybridized carbons (Fsp3) is 0.150. The third-order valence-electron chi connectivity index (χ3n) is 4.60. The average Bonchev–Trinajstić information content (AvgIpc) is 3.31. The van der Waals surface area contributed by atoms with Gasteiger partial charge in [0.2, 0.25) is 0 Å². The maximum atomic E-state index is 13.3. The van der Waals surface area contributed by atoms with Gasteiger partial charge in [-0.25, -0.2) is 14.4 Å². The lowest BCUT2D eigenvalue weighted by molar-refractivity contribution is -0.207. The highest BCUT2D eigenvalue weighted by Crippen LogP contribution is 2.33. The number of nitrogens with zero attached hydrogens (tertiary/aromatic N) is 5. The molecule has 1 aromatic carbocycles. The van der Waals surface area contributed by atoms with Crippen molar-refractivity contribution in [1.82, 2.24) is 18.9 Å². The van der Waals surface area contributed by atoms with Gasteiger partial charge in [-0.2, -0.15) is 18.4 Å². The molecular formula is C20H13F4N5O. The summed E-state index contributed by atoms with van der Waals surface area (Å²) in [6.07, 6.45) is -3.28. The summed E-state index contributed by atoms with van der Waals surface area (Å²) in [4.78, 5) is 8.30. The highest BCUT2D eigenvalue weighted by Gasteiger charge is 2.38. The fourth-order valence-electron chi connectivity index (χ4n) is 3.14. The zero-order chi connectivity index (χ0) is 21.5. The molecule has 0 aliphatic carbocycles. The van der Waals surface area contributed by atoms with Crippen LogP contribution in [0.2, 0.25) is 0 Å². The molecule has 0 saturated carbocycles. The van der Waals surface area contributed by atoms with Crippen molar-refractivity contribution < 1.29 is 22.7 Å². The molecule has 4 aromatic rings. The van der Waals surface area contributed by atoms with Gasteiger partial charge in [0, 0.05) is 17.3 Å². The van der Waals surface area contributed by atoms with Crippen molar-refractivity contribution in [3.05, 3.63) is 66.6 Å². The molecule has 1 N–H and O–H groups in total. The van der Waals surface area contributed by atoms with Crippen molar-refractivity contribution in [3.8, 4) is 28.6 Å². The second-order valence-corrected chi connectivity index (χ2v) is 6.56. The number of aliphatic hydroxyl groups excluding tert-OH is 1. The minimum Gasteiger partial charge on any atom is -0.382 e. The van der Waals surface area contributed by atoms with Gasteiger partial charge in [-0.15, -0.1) is 0 Å². The zero-order valence-electron chi connectivity index (χ0n) is 15.2. The van der Waals surface area contributed by atoms with E-state index in [0.29, 0.717) is 22.5 Å². The lowest BCUT2D eigenvalue weighted by atomic mass is 10.1. The van der Waals surface area contributed by atoms with Gasteiger partial charge in [-0.05, 0) is 36.4 Å². The Morgan fingerprint density at radius 3 is 2.43 bits per heavy atom. The first-order valence-corrected chi connectivity index (χ1v) is 8.71. The molecule has 0 bridgehead atoms. The van der Waals surface area contributed by atoms with E-state index < -0.39 is 24.6 Å². The molecule has 4 rings (SSSR count). The number of pyridine rings is 1. The Morgan fingerprint density at radius 1 is 1.07 bits per heavy atom. The highest BCUT2D eigenvalue weighted by atomic mass is 19.4. The van der Waals surface area contributed by atoms with Crippen LogP contribution < -0.4 is 0 Å². The van der Waals surface area contributed by atoms with Crippen LogP contribution in [0.4, 0.5) is 17.6 Å². The summed E-state index contributed by atoms with van der Waals surface area (Å²) in [6, 6.07) is 10.6.